The number of imide groups is 1. The molecule has 2 aliphatic heterocycles. The van der Waals surface area contributed by atoms with Crippen LogP contribution in [0.25, 0.3) is 0 Å². The maximum Gasteiger partial charge on any atom is 0.261 e. The van der Waals surface area contributed by atoms with Gasteiger partial charge in [0.25, 0.3) is 17.7 Å². The average molecular weight is 369 g/mol. The summed E-state index contributed by atoms with van der Waals surface area (Å²) in [5.74, 6) is -0.261. The van der Waals surface area contributed by atoms with Gasteiger partial charge in [0.2, 0.25) is 0 Å². The van der Waals surface area contributed by atoms with Crippen LogP contribution < -0.4 is 10.6 Å². The summed E-state index contributed by atoms with van der Waals surface area (Å²) in [4.78, 5) is 39.8. The fraction of sp³-hybridized carbons (Fsp3) is 0.571. The van der Waals surface area contributed by atoms with Crippen molar-refractivity contribution >= 4 is 17.7 Å². The molecular formula is C21H27N3O3. The third-order valence-corrected chi connectivity index (χ3v) is 6.22. The normalized spacial score (nSPS) is 26.2. The summed E-state index contributed by atoms with van der Waals surface area (Å²) >= 11 is 0. The van der Waals surface area contributed by atoms with Crippen LogP contribution in [0.5, 0.6) is 0 Å². The first-order valence-corrected chi connectivity index (χ1v) is 10.1. The van der Waals surface area contributed by atoms with Crippen LogP contribution in [-0.4, -0.2) is 47.8 Å². The van der Waals surface area contributed by atoms with E-state index in [-0.39, 0.29) is 29.8 Å². The van der Waals surface area contributed by atoms with E-state index in [1.807, 2.05) is 0 Å². The van der Waals surface area contributed by atoms with Gasteiger partial charge in [0, 0.05) is 17.6 Å². The number of piperidine rings is 1. The van der Waals surface area contributed by atoms with Crippen LogP contribution >= 0.6 is 0 Å². The van der Waals surface area contributed by atoms with E-state index in [0.29, 0.717) is 22.6 Å². The number of nitrogens with one attached hydrogen (secondary N) is 2. The zero-order chi connectivity index (χ0) is 19.0. The number of nitrogens with zero attached hydrogens (tertiary/aromatic N) is 1. The smallest absolute Gasteiger partial charge is 0.261 e. The first kappa shape index (κ1) is 18.2. The van der Waals surface area contributed by atoms with Gasteiger partial charge in [0.05, 0.1) is 11.1 Å². The lowest BCUT2D eigenvalue weighted by Gasteiger charge is -2.30. The Hall–Kier alpha value is -2.21. The summed E-state index contributed by atoms with van der Waals surface area (Å²) in [6.07, 6.45) is 5.93. The van der Waals surface area contributed by atoms with Gasteiger partial charge in [0.1, 0.15) is 0 Å². The minimum Gasteiger partial charge on any atom is -0.349 e. The molecule has 0 bridgehead atoms. The van der Waals surface area contributed by atoms with Gasteiger partial charge in [-0.25, -0.2) is 0 Å². The average Bonchev–Trinajstić information content (AvgIpc) is 2.94. The Kier molecular flexibility index (Phi) is 5.00. The van der Waals surface area contributed by atoms with Crippen molar-refractivity contribution in [3.63, 3.8) is 0 Å². The Bertz CT molecular complexity index is 770. The van der Waals surface area contributed by atoms with Gasteiger partial charge < -0.3 is 10.6 Å². The van der Waals surface area contributed by atoms with Crippen molar-refractivity contribution in [3.8, 4) is 0 Å². The minimum atomic E-state index is -0.244. The first-order chi connectivity index (χ1) is 13.1. The molecule has 2 fully saturated rings. The molecule has 1 aromatic rings. The Morgan fingerprint density at radius 1 is 1.07 bits per heavy atom. The van der Waals surface area contributed by atoms with E-state index in [1.165, 1.54) is 11.3 Å². The molecular weight excluding hydrogens is 342 g/mol. The molecule has 1 aliphatic carbocycles. The third-order valence-electron chi connectivity index (χ3n) is 6.22. The molecule has 2 atom stereocenters. The summed E-state index contributed by atoms with van der Waals surface area (Å²) in [5, 5.41) is 6.41. The van der Waals surface area contributed by atoms with Gasteiger partial charge in [-0.3, -0.25) is 19.3 Å². The zero-order valence-corrected chi connectivity index (χ0v) is 15.8. The van der Waals surface area contributed by atoms with Gasteiger partial charge >= 0.3 is 0 Å². The Morgan fingerprint density at radius 3 is 2.56 bits per heavy atom. The molecule has 0 spiro atoms. The molecule has 6 heteroatoms. The van der Waals surface area contributed by atoms with E-state index in [1.54, 1.807) is 18.2 Å². The van der Waals surface area contributed by atoms with Crippen molar-refractivity contribution in [2.75, 3.05) is 13.1 Å². The number of hydrogen-bond donors (Lipinski definition) is 2. The fourth-order valence-electron chi connectivity index (χ4n) is 4.55. The molecule has 144 valence electrons. The number of rotatable bonds is 3. The van der Waals surface area contributed by atoms with Gasteiger partial charge in [-0.2, -0.15) is 0 Å². The molecule has 3 aliphatic rings. The van der Waals surface area contributed by atoms with Crippen molar-refractivity contribution < 1.29 is 14.4 Å². The SMILES string of the molecule is CC1CNCCC1NC(=O)c1ccc2c(c1)C(=O)N(C1CCCCC1)C2=O. The lowest BCUT2D eigenvalue weighted by atomic mass is 9.94. The molecule has 4 rings (SSSR count). The van der Waals surface area contributed by atoms with Gasteiger partial charge in [0.15, 0.2) is 0 Å². The van der Waals surface area contributed by atoms with E-state index >= 15 is 0 Å². The molecule has 3 amide bonds. The second-order valence-electron chi connectivity index (χ2n) is 8.08. The van der Waals surface area contributed by atoms with Gasteiger partial charge in [-0.05, 0) is 56.5 Å². The maximum atomic E-state index is 12.9. The zero-order valence-electron chi connectivity index (χ0n) is 15.8. The van der Waals surface area contributed by atoms with E-state index in [0.717, 1.165) is 45.2 Å². The summed E-state index contributed by atoms with van der Waals surface area (Å²) in [6, 6.07) is 5.02. The predicted octanol–water partition coefficient (Wildman–Crippen LogP) is 2.34. The van der Waals surface area contributed by atoms with Crippen molar-refractivity contribution in [2.45, 2.75) is 57.5 Å². The lowest BCUT2D eigenvalue weighted by Crippen LogP contribution is -2.48. The fourth-order valence-corrected chi connectivity index (χ4v) is 4.55. The molecule has 2 heterocycles. The van der Waals surface area contributed by atoms with Crippen LogP contribution in [0.2, 0.25) is 0 Å². The van der Waals surface area contributed by atoms with Crippen LogP contribution in [0.4, 0.5) is 0 Å². The van der Waals surface area contributed by atoms with Crippen molar-refractivity contribution in [2.24, 2.45) is 5.92 Å². The molecule has 1 saturated carbocycles. The molecule has 0 radical (unpaired) electrons. The molecule has 2 N–H and O–H groups in total. The van der Waals surface area contributed by atoms with Crippen LogP contribution in [0.15, 0.2) is 18.2 Å². The highest BCUT2D eigenvalue weighted by molar-refractivity contribution is 6.22. The first-order valence-electron chi connectivity index (χ1n) is 10.1. The van der Waals surface area contributed by atoms with Gasteiger partial charge in [-0.15, -0.1) is 0 Å². The minimum absolute atomic E-state index is 0.000912. The quantitative estimate of drug-likeness (QED) is 0.802. The van der Waals surface area contributed by atoms with Crippen LogP contribution in [0.1, 0.15) is 76.5 Å². The summed E-state index contributed by atoms with van der Waals surface area (Å²) in [6.45, 7) is 3.89. The van der Waals surface area contributed by atoms with Crippen molar-refractivity contribution in [3.05, 3.63) is 34.9 Å². The number of carbonyl (C=O) groups excluding carboxylic acids is 3. The number of benzene rings is 1. The van der Waals surface area contributed by atoms with E-state index in [4.69, 9.17) is 0 Å². The van der Waals surface area contributed by atoms with E-state index < -0.39 is 0 Å². The molecule has 0 aromatic heterocycles. The summed E-state index contributed by atoms with van der Waals surface area (Å²) in [7, 11) is 0. The standard InChI is InChI=1S/C21H27N3O3/c1-13-12-22-10-9-18(13)23-19(25)14-7-8-16-17(11-14)21(27)24(20(16)26)15-5-3-2-4-6-15/h7-8,11,13,15,18,22H,2-6,9-10,12H2,1H3,(H,23,25). The monoisotopic (exact) mass is 369 g/mol. The van der Waals surface area contributed by atoms with Crippen LogP contribution in [-0.2, 0) is 0 Å². The highest BCUT2D eigenvalue weighted by Gasteiger charge is 2.40. The highest BCUT2D eigenvalue weighted by Crippen LogP contribution is 2.31. The largest absolute Gasteiger partial charge is 0.349 e. The topological polar surface area (TPSA) is 78.5 Å². The number of amides is 3. The Morgan fingerprint density at radius 2 is 1.81 bits per heavy atom. The Labute approximate surface area is 159 Å². The van der Waals surface area contributed by atoms with Crippen molar-refractivity contribution in [1.82, 2.24) is 15.5 Å². The molecule has 1 saturated heterocycles. The summed E-state index contributed by atoms with van der Waals surface area (Å²) in [5.41, 5.74) is 1.25. The lowest BCUT2D eigenvalue weighted by molar-refractivity contribution is 0.0548. The highest BCUT2D eigenvalue weighted by atomic mass is 16.2. The molecule has 6 nitrogen and oxygen atoms in total. The summed E-state index contributed by atoms with van der Waals surface area (Å²) < 4.78 is 0. The maximum absolute atomic E-state index is 12.9. The Balaban J connectivity index is 1.52. The second kappa shape index (κ2) is 7.43. The van der Waals surface area contributed by atoms with Crippen LogP contribution in [0.3, 0.4) is 0 Å². The predicted molar refractivity (Wildman–Crippen MR) is 102 cm³/mol. The molecule has 1 aromatic carbocycles. The van der Waals surface area contributed by atoms with Crippen molar-refractivity contribution in [1.29, 1.82) is 0 Å². The van der Waals surface area contributed by atoms with E-state index in [2.05, 4.69) is 17.6 Å². The number of hydrogen-bond acceptors (Lipinski definition) is 4. The van der Waals surface area contributed by atoms with Gasteiger partial charge in [-0.1, -0.05) is 26.2 Å². The third kappa shape index (κ3) is 3.38. The number of fused-ring (bicyclic) bond motifs is 1. The number of carbonyl (C=O) groups is 3. The van der Waals surface area contributed by atoms with Crippen LogP contribution in [0, 0.1) is 5.92 Å². The van der Waals surface area contributed by atoms with E-state index in [9.17, 15) is 14.4 Å². The molecule has 2 unspecified atom stereocenters. The molecule has 27 heavy (non-hydrogen) atoms. The second-order valence-corrected chi connectivity index (χ2v) is 8.08.